The molecule has 5 heteroatoms. The van der Waals surface area contributed by atoms with Crippen LogP contribution in [0.15, 0.2) is 36.4 Å². The molecular weight excluding hydrogens is 332 g/mol. The smallest absolute Gasteiger partial charge is 0.338 e. The molecule has 0 aliphatic carbocycles. The summed E-state index contributed by atoms with van der Waals surface area (Å²) in [6, 6.07) is 10.4. The first-order valence-electron chi connectivity index (χ1n) is 8.50. The number of hydrogen-bond acceptors (Lipinski definition) is 5. The van der Waals surface area contributed by atoms with Crippen molar-refractivity contribution in [3.05, 3.63) is 58.7 Å². The Bertz CT molecular complexity index is 810. The summed E-state index contributed by atoms with van der Waals surface area (Å²) in [5, 5.41) is 0. The zero-order valence-electron chi connectivity index (χ0n) is 15.8. The van der Waals surface area contributed by atoms with Gasteiger partial charge in [-0.3, -0.25) is 4.79 Å². The number of ether oxygens (including phenoxy) is 3. The van der Waals surface area contributed by atoms with Gasteiger partial charge in [0.2, 0.25) is 5.78 Å². The zero-order valence-corrected chi connectivity index (χ0v) is 15.8. The van der Waals surface area contributed by atoms with Crippen LogP contribution < -0.4 is 9.47 Å². The number of rotatable bonds is 7. The van der Waals surface area contributed by atoms with E-state index in [9.17, 15) is 9.59 Å². The normalized spacial score (nSPS) is 11.6. The number of benzene rings is 2. The molecule has 0 amide bonds. The Morgan fingerprint density at radius 2 is 1.77 bits per heavy atom. The van der Waals surface area contributed by atoms with E-state index in [0.29, 0.717) is 29.2 Å². The zero-order chi connectivity index (χ0) is 19.3. The van der Waals surface area contributed by atoms with Gasteiger partial charge in [0, 0.05) is 5.56 Å². The Morgan fingerprint density at radius 3 is 2.42 bits per heavy atom. The average Bonchev–Trinajstić information content (AvgIpc) is 2.63. The Morgan fingerprint density at radius 1 is 1.04 bits per heavy atom. The minimum atomic E-state index is -0.888. The number of esters is 1. The number of carbonyl (C=O) groups is 2. The van der Waals surface area contributed by atoms with Crippen molar-refractivity contribution >= 4 is 11.8 Å². The lowest BCUT2D eigenvalue weighted by molar-refractivity contribution is 0.0318. The van der Waals surface area contributed by atoms with Crippen LogP contribution in [0.5, 0.6) is 11.5 Å². The largest absolute Gasteiger partial charge is 0.493 e. The van der Waals surface area contributed by atoms with E-state index in [2.05, 4.69) is 0 Å². The highest BCUT2D eigenvalue weighted by Gasteiger charge is 2.22. The van der Waals surface area contributed by atoms with Crippen LogP contribution in [-0.4, -0.2) is 31.6 Å². The van der Waals surface area contributed by atoms with Gasteiger partial charge in [-0.2, -0.15) is 0 Å². The Labute approximate surface area is 153 Å². The summed E-state index contributed by atoms with van der Waals surface area (Å²) in [7, 11) is 1.50. The lowest BCUT2D eigenvalue weighted by atomic mass is 9.99. The highest BCUT2D eigenvalue weighted by atomic mass is 16.5. The molecule has 0 saturated heterocycles. The number of ketones is 1. The van der Waals surface area contributed by atoms with Gasteiger partial charge in [-0.1, -0.05) is 17.7 Å². The molecule has 26 heavy (non-hydrogen) atoms. The van der Waals surface area contributed by atoms with Gasteiger partial charge < -0.3 is 14.2 Å². The first-order valence-corrected chi connectivity index (χ1v) is 8.50. The van der Waals surface area contributed by atoms with Crippen molar-refractivity contribution in [1.29, 1.82) is 0 Å². The van der Waals surface area contributed by atoms with Gasteiger partial charge in [0.15, 0.2) is 17.6 Å². The highest BCUT2D eigenvalue weighted by Crippen LogP contribution is 2.28. The van der Waals surface area contributed by atoms with Crippen LogP contribution in [0.1, 0.15) is 45.7 Å². The summed E-state index contributed by atoms with van der Waals surface area (Å²) in [5.41, 5.74) is 2.69. The van der Waals surface area contributed by atoms with Crippen LogP contribution >= 0.6 is 0 Å². The number of aryl methyl sites for hydroxylation is 2. The quantitative estimate of drug-likeness (QED) is 0.551. The molecule has 2 rings (SSSR count). The van der Waals surface area contributed by atoms with Crippen LogP contribution in [0.25, 0.3) is 0 Å². The summed E-state index contributed by atoms with van der Waals surface area (Å²) < 4.78 is 16.0. The van der Waals surface area contributed by atoms with Gasteiger partial charge in [0.05, 0.1) is 19.3 Å². The molecule has 0 aromatic heterocycles. The SMILES string of the molecule is CCOc1ccc(C(=O)O[C@@H](C)C(=O)c2cc(C)ccc2C)cc1OC. The van der Waals surface area contributed by atoms with Crippen molar-refractivity contribution < 1.29 is 23.8 Å². The minimum Gasteiger partial charge on any atom is -0.493 e. The summed E-state index contributed by atoms with van der Waals surface area (Å²) in [4.78, 5) is 25.0. The number of hydrogen-bond donors (Lipinski definition) is 0. The highest BCUT2D eigenvalue weighted by molar-refractivity contribution is 6.02. The maximum absolute atomic E-state index is 12.6. The molecule has 0 saturated carbocycles. The fourth-order valence-corrected chi connectivity index (χ4v) is 2.57. The molecule has 0 aliphatic rings. The molecule has 1 atom stereocenters. The third-order valence-electron chi connectivity index (χ3n) is 4.01. The van der Waals surface area contributed by atoms with Gasteiger partial charge in [-0.05, 0) is 57.5 Å². The van der Waals surface area contributed by atoms with Gasteiger partial charge in [0.1, 0.15) is 0 Å². The van der Waals surface area contributed by atoms with Crippen molar-refractivity contribution in [3.8, 4) is 11.5 Å². The monoisotopic (exact) mass is 356 g/mol. The number of Topliss-reactive ketones (excluding diaryl/α,β-unsaturated/α-hetero) is 1. The molecular formula is C21H24O5. The third kappa shape index (κ3) is 4.42. The summed E-state index contributed by atoms with van der Waals surface area (Å²) in [5.74, 6) is 0.177. The molecule has 0 heterocycles. The van der Waals surface area contributed by atoms with E-state index < -0.39 is 12.1 Å². The standard InChI is InChI=1S/C21H24O5/c1-6-25-18-10-9-16(12-19(18)24-5)21(23)26-15(4)20(22)17-11-13(2)7-8-14(17)3/h7-12,15H,6H2,1-5H3/t15-/m0/s1. The molecule has 0 N–H and O–H groups in total. The van der Waals surface area contributed by atoms with Crippen molar-refractivity contribution in [2.24, 2.45) is 0 Å². The first kappa shape index (κ1) is 19.5. The van der Waals surface area contributed by atoms with E-state index in [0.717, 1.165) is 11.1 Å². The van der Waals surface area contributed by atoms with E-state index in [1.54, 1.807) is 25.1 Å². The molecule has 0 bridgehead atoms. The topological polar surface area (TPSA) is 61.8 Å². The minimum absolute atomic E-state index is 0.225. The van der Waals surface area contributed by atoms with Crippen LogP contribution in [0.2, 0.25) is 0 Å². The lowest BCUT2D eigenvalue weighted by Crippen LogP contribution is -2.25. The van der Waals surface area contributed by atoms with Gasteiger partial charge >= 0.3 is 5.97 Å². The molecule has 2 aromatic carbocycles. The summed E-state index contributed by atoms with van der Waals surface area (Å²) >= 11 is 0. The van der Waals surface area contributed by atoms with Crippen LogP contribution in [-0.2, 0) is 4.74 Å². The maximum atomic E-state index is 12.6. The van der Waals surface area contributed by atoms with Gasteiger partial charge in [-0.15, -0.1) is 0 Å². The summed E-state index contributed by atoms with van der Waals surface area (Å²) in [6.07, 6.45) is -0.888. The van der Waals surface area contributed by atoms with Crippen LogP contribution in [0, 0.1) is 13.8 Å². The first-order chi connectivity index (χ1) is 12.4. The predicted octanol–water partition coefficient (Wildman–Crippen LogP) is 4.14. The van der Waals surface area contributed by atoms with Crippen molar-refractivity contribution in [3.63, 3.8) is 0 Å². The Kier molecular flexibility index (Phi) is 6.39. The van der Waals surface area contributed by atoms with E-state index in [1.165, 1.54) is 7.11 Å². The average molecular weight is 356 g/mol. The van der Waals surface area contributed by atoms with E-state index in [-0.39, 0.29) is 5.78 Å². The molecule has 0 aliphatic heterocycles. The van der Waals surface area contributed by atoms with Crippen LogP contribution in [0.4, 0.5) is 0 Å². The second kappa shape index (κ2) is 8.52. The Hall–Kier alpha value is -2.82. The maximum Gasteiger partial charge on any atom is 0.338 e. The van der Waals surface area contributed by atoms with Gasteiger partial charge in [0.25, 0.3) is 0 Å². The molecule has 2 aromatic rings. The molecule has 138 valence electrons. The molecule has 0 spiro atoms. The van der Waals surface area contributed by atoms with E-state index in [4.69, 9.17) is 14.2 Å². The Balaban J connectivity index is 2.16. The lowest BCUT2D eigenvalue weighted by Gasteiger charge is -2.15. The molecule has 0 radical (unpaired) electrons. The third-order valence-corrected chi connectivity index (χ3v) is 4.01. The molecule has 5 nitrogen and oxygen atoms in total. The van der Waals surface area contributed by atoms with Gasteiger partial charge in [-0.25, -0.2) is 4.79 Å². The van der Waals surface area contributed by atoms with Crippen molar-refractivity contribution in [1.82, 2.24) is 0 Å². The summed E-state index contributed by atoms with van der Waals surface area (Å²) in [6.45, 7) is 7.70. The second-order valence-electron chi connectivity index (χ2n) is 6.03. The van der Waals surface area contributed by atoms with E-state index >= 15 is 0 Å². The van der Waals surface area contributed by atoms with E-state index in [1.807, 2.05) is 39.0 Å². The fourth-order valence-electron chi connectivity index (χ4n) is 2.57. The molecule has 0 fully saturated rings. The second-order valence-corrected chi connectivity index (χ2v) is 6.03. The fraction of sp³-hybridized carbons (Fsp3) is 0.333. The number of carbonyl (C=O) groups excluding carboxylic acids is 2. The van der Waals surface area contributed by atoms with Crippen molar-refractivity contribution in [2.75, 3.05) is 13.7 Å². The van der Waals surface area contributed by atoms with Crippen molar-refractivity contribution in [2.45, 2.75) is 33.8 Å². The number of methoxy groups -OCH3 is 1. The van der Waals surface area contributed by atoms with Crippen LogP contribution in [0.3, 0.4) is 0 Å². The predicted molar refractivity (Wildman–Crippen MR) is 99.3 cm³/mol. The molecule has 0 unspecified atom stereocenters.